The summed E-state index contributed by atoms with van der Waals surface area (Å²) in [5, 5.41) is 2.80. The quantitative estimate of drug-likeness (QED) is 0.840. The smallest absolute Gasteiger partial charge is 0.387 e. The number of halogens is 2. The molecule has 1 N–H and O–H groups in total. The number of methoxy groups -OCH3 is 1. The van der Waals surface area contributed by atoms with E-state index in [1.54, 1.807) is 6.07 Å². The van der Waals surface area contributed by atoms with Crippen LogP contribution >= 0.6 is 0 Å². The van der Waals surface area contributed by atoms with E-state index in [-0.39, 0.29) is 17.1 Å². The second kappa shape index (κ2) is 7.51. The Labute approximate surface area is 145 Å². The van der Waals surface area contributed by atoms with Crippen LogP contribution in [0.3, 0.4) is 0 Å². The molecule has 0 saturated heterocycles. The number of carbonyl (C=O) groups is 1. The van der Waals surface area contributed by atoms with Crippen molar-refractivity contribution in [2.45, 2.75) is 32.8 Å². The largest absolute Gasteiger partial charge is 0.495 e. The van der Waals surface area contributed by atoms with Gasteiger partial charge in [-0.3, -0.25) is 4.79 Å². The number of nitrogens with one attached hydrogen (secondary N) is 1. The van der Waals surface area contributed by atoms with Crippen LogP contribution in [-0.2, 0) is 5.41 Å². The molecule has 0 heterocycles. The molecular weight excluding hydrogens is 328 g/mol. The minimum absolute atomic E-state index is 0.00106. The van der Waals surface area contributed by atoms with E-state index in [4.69, 9.17) is 4.74 Å². The number of amides is 1. The summed E-state index contributed by atoms with van der Waals surface area (Å²) in [7, 11) is 1.53. The first kappa shape index (κ1) is 18.7. The van der Waals surface area contributed by atoms with Crippen LogP contribution in [0, 0.1) is 0 Å². The highest BCUT2D eigenvalue weighted by Crippen LogP contribution is 2.31. The molecule has 0 aliphatic heterocycles. The number of carbonyl (C=O) groups excluding carboxylic acids is 1. The average molecular weight is 349 g/mol. The van der Waals surface area contributed by atoms with Crippen molar-refractivity contribution >= 4 is 11.6 Å². The normalized spacial score (nSPS) is 11.3. The highest BCUT2D eigenvalue weighted by atomic mass is 19.3. The third-order valence-corrected chi connectivity index (χ3v) is 3.66. The second-order valence-electron chi connectivity index (χ2n) is 6.52. The SMILES string of the molecule is COc1ccc(C(C)(C)C)cc1NC(=O)c1ccc(OC(F)F)cc1. The van der Waals surface area contributed by atoms with Crippen molar-refractivity contribution in [2.24, 2.45) is 0 Å². The third-order valence-electron chi connectivity index (χ3n) is 3.66. The van der Waals surface area contributed by atoms with E-state index in [1.807, 2.05) is 12.1 Å². The Morgan fingerprint density at radius 2 is 1.72 bits per heavy atom. The summed E-state index contributed by atoms with van der Waals surface area (Å²) in [4.78, 5) is 12.4. The lowest BCUT2D eigenvalue weighted by Gasteiger charge is -2.21. The molecule has 2 aromatic rings. The fourth-order valence-electron chi connectivity index (χ4n) is 2.25. The van der Waals surface area contributed by atoms with Crippen LogP contribution in [0.5, 0.6) is 11.5 Å². The minimum Gasteiger partial charge on any atom is -0.495 e. The number of alkyl halides is 2. The van der Waals surface area contributed by atoms with Gasteiger partial charge in [-0.25, -0.2) is 0 Å². The van der Waals surface area contributed by atoms with Gasteiger partial charge in [0.15, 0.2) is 0 Å². The van der Waals surface area contributed by atoms with Crippen LogP contribution in [0.15, 0.2) is 42.5 Å². The van der Waals surface area contributed by atoms with Gasteiger partial charge in [0.05, 0.1) is 12.8 Å². The summed E-state index contributed by atoms with van der Waals surface area (Å²) >= 11 is 0. The van der Waals surface area contributed by atoms with Gasteiger partial charge in [-0.1, -0.05) is 26.8 Å². The van der Waals surface area contributed by atoms with E-state index in [1.165, 1.54) is 31.4 Å². The van der Waals surface area contributed by atoms with Gasteiger partial charge in [0, 0.05) is 5.56 Å². The lowest BCUT2D eigenvalue weighted by Crippen LogP contribution is -2.15. The van der Waals surface area contributed by atoms with E-state index in [0.29, 0.717) is 17.0 Å². The van der Waals surface area contributed by atoms with E-state index >= 15 is 0 Å². The highest BCUT2D eigenvalue weighted by molar-refractivity contribution is 6.05. The van der Waals surface area contributed by atoms with Gasteiger partial charge in [0.25, 0.3) is 5.91 Å². The Morgan fingerprint density at radius 1 is 1.08 bits per heavy atom. The molecule has 0 radical (unpaired) electrons. The fraction of sp³-hybridized carbons (Fsp3) is 0.316. The summed E-state index contributed by atoms with van der Waals surface area (Å²) < 4.78 is 33.9. The first-order valence-electron chi connectivity index (χ1n) is 7.75. The molecule has 4 nitrogen and oxygen atoms in total. The van der Waals surface area contributed by atoms with Crippen LogP contribution in [0.1, 0.15) is 36.7 Å². The Balaban J connectivity index is 2.22. The number of rotatable bonds is 5. The van der Waals surface area contributed by atoms with Crippen LogP contribution < -0.4 is 14.8 Å². The first-order valence-corrected chi connectivity index (χ1v) is 7.75. The fourth-order valence-corrected chi connectivity index (χ4v) is 2.25. The van der Waals surface area contributed by atoms with Crippen molar-refractivity contribution in [2.75, 3.05) is 12.4 Å². The summed E-state index contributed by atoms with van der Waals surface area (Å²) in [6.07, 6.45) is 0. The molecule has 0 atom stereocenters. The van der Waals surface area contributed by atoms with Crippen LogP contribution in [0.4, 0.5) is 14.5 Å². The van der Waals surface area contributed by atoms with E-state index in [9.17, 15) is 13.6 Å². The number of anilines is 1. The third kappa shape index (κ3) is 4.92. The zero-order chi connectivity index (χ0) is 18.6. The number of hydrogen-bond acceptors (Lipinski definition) is 3. The molecule has 6 heteroatoms. The molecule has 0 spiro atoms. The zero-order valence-corrected chi connectivity index (χ0v) is 14.6. The van der Waals surface area contributed by atoms with Crippen molar-refractivity contribution in [3.05, 3.63) is 53.6 Å². The molecule has 0 aromatic heterocycles. The van der Waals surface area contributed by atoms with E-state index < -0.39 is 6.61 Å². The lowest BCUT2D eigenvalue weighted by molar-refractivity contribution is -0.0498. The summed E-state index contributed by atoms with van der Waals surface area (Å²) in [5.74, 6) is 0.172. The number of hydrogen-bond donors (Lipinski definition) is 1. The number of benzene rings is 2. The molecule has 2 rings (SSSR count). The Bertz CT molecular complexity index is 737. The molecule has 0 saturated carbocycles. The molecule has 0 aliphatic carbocycles. The van der Waals surface area contributed by atoms with Crippen molar-refractivity contribution in [3.8, 4) is 11.5 Å². The van der Waals surface area contributed by atoms with Crippen LogP contribution in [0.2, 0.25) is 0 Å². The van der Waals surface area contributed by atoms with Crippen molar-refractivity contribution in [1.82, 2.24) is 0 Å². The van der Waals surface area contributed by atoms with Crippen LogP contribution in [-0.4, -0.2) is 19.6 Å². The van der Waals surface area contributed by atoms with Crippen molar-refractivity contribution < 1.29 is 23.0 Å². The van der Waals surface area contributed by atoms with Gasteiger partial charge in [0.1, 0.15) is 11.5 Å². The van der Waals surface area contributed by atoms with Gasteiger partial charge in [-0.05, 0) is 47.4 Å². The molecule has 1 amide bonds. The summed E-state index contributed by atoms with van der Waals surface area (Å²) in [6.45, 7) is 3.32. The minimum atomic E-state index is -2.90. The van der Waals surface area contributed by atoms with Gasteiger partial charge < -0.3 is 14.8 Å². The molecule has 0 fully saturated rings. The maximum Gasteiger partial charge on any atom is 0.387 e. The molecule has 2 aromatic carbocycles. The predicted molar refractivity (Wildman–Crippen MR) is 92.7 cm³/mol. The van der Waals surface area contributed by atoms with Gasteiger partial charge in [-0.15, -0.1) is 0 Å². The van der Waals surface area contributed by atoms with Gasteiger partial charge >= 0.3 is 6.61 Å². The maximum atomic E-state index is 12.4. The molecule has 25 heavy (non-hydrogen) atoms. The number of ether oxygens (including phenoxy) is 2. The van der Waals surface area contributed by atoms with E-state index in [0.717, 1.165) is 5.56 Å². The highest BCUT2D eigenvalue weighted by Gasteiger charge is 2.17. The molecule has 0 bridgehead atoms. The zero-order valence-electron chi connectivity index (χ0n) is 14.6. The second-order valence-corrected chi connectivity index (χ2v) is 6.52. The van der Waals surface area contributed by atoms with Gasteiger partial charge in [-0.2, -0.15) is 8.78 Å². The summed E-state index contributed by atoms with van der Waals surface area (Å²) in [5.41, 5.74) is 1.84. The Kier molecular flexibility index (Phi) is 5.62. The molecular formula is C19H21F2NO3. The van der Waals surface area contributed by atoms with Gasteiger partial charge in [0.2, 0.25) is 0 Å². The first-order chi connectivity index (χ1) is 11.7. The Hall–Kier alpha value is -2.63. The monoisotopic (exact) mass is 349 g/mol. The average Bonchev–Trinajstić information content (AvgIpc) is 2.54. The molecule has 134 valence electrons. The van der Waals surface area contributed by atoms with Crippen LogP contribution in [0.25, 0.3) is 0 Å². The molecule has 0 aliphatic rings. The standard InChI is InChI=1S/C19H21F2NO3/c1-19(2,3)13-7-10-16(24-4)15(11-13)22-17(23)12-5-8-14(9-6-12)25-18(20)21/h5-11,18H,1-4H3,(H,22,23). The van der Waals surface area contributed by atoms with E-state index in [2.05, 4.69) is 30.8 Å². The van der Waals surface area contributed by atoms with Crippen molar-refractivity contribution in [1.29, 1.82) is 0 Å². The lowest BCUT2D eigenvalue weighted by atomic mass is 9.87. The topological polar surface area (TPSA) is 47.6 Å². The van der Waals surface area contributed by atoms with Crippen molar-refractivity contribution in [3.63, 3.8) is 0 Å². The molecule has 0 unspecified atom stereocenters. The maximum absolute atomic E-state index is 12.4. The summed E-state index contributed by atoms with van der Waals surface area (Å²) in [6, 6.07) is 11.1. The Morgan fingerprint density at radius 3 is 2.24 bits per heavy atom. The predicted octanol–water partition coefficient (Wildman–Crippen LogP) is 4.85.